The third-order valence-electron chi connectivity index (χ3n) is 8.22. The van der Waals surface area contributed by atoms with Gasteiger partial charge >= 0.3 is 0 Å². The van der Waals surface area contributed by atoms with Gasteiger partial charge in [0.05, 0.1) is 12.0 Å². The number of aliphatic hydroxyl groups is 1. The Morgan fingerprint density at radius 2 is 1.88 bits per heavy atom. The van der Waals surface area contributed by atoms with Crippen LogP contribution in [0.3, 0.4) is 0 Å². The van der Waals surface area contributed by atoms with Crippen molar-refractivity contribution in [1.82, 2.24) is 15.2 Å². The van der Waals surface area contributed by atoms with Crippen LogP contribution in [0, 0.1) is 5.41 Å². The number of carbonyl (C=O) groups is 3. The highest BCUT2D eigenvalue weighted by molar-refractivity contribution is 6.06. The van der Waals surface area contributed by atoms with Gasteiger partial charge in [-0.05, 0) is 53.3 Å². The number of rotatable bonds is 11. The smallest absolute Gasteiger partial charge is 0.237 e. The molecule has 2 amide bonds. The largest absolute Gasteiger partial charge is 0.395 e. The van der Waals surface area contributed by atoms with Crippen LogP contribution < -0.4 is 16.0 Å². The van der Waals surface area contributed by atoms with Gasteiger partial charge in [0.2, 0.25) is 11.8 Å². The molecule has 1 aliphatic carbocycles. The molecular formula is C33H39N5O4. The zero-order valence-electron chi connectivity index (χ0n) is 24.4. The molecule has 1 aliphatic heterocycles. The van der Waals surface area contributed by atoms with Crippen LogP contribution in [0.25, 0.3) is 0 Å². The third-order valence-corrected chi connectivity index (χ3v) is 8.22. The molecule has 42 heavy (non-hydrogen) atoms. The monoisotopic (exact) mass is 569 g/mol. The van der Waals surface area contributed by atoms with Crippen LogP contribution in [0.4, 0.5) is 11.5 Å². The van der Waals surface area contributed by atoms with Crippen LogP contribution in [0.1, 0.15) is 48.6 Å². The van der Waals surface area contributed by atoms with Crippen molar-refractivity contribution in [3.8, 4) is 0 Å². The number of nitrogens with one attached hydrogen (secondary N) is 3. The van der Waals surface area contributed by atoms with Crippen LogP contribution in [0.15, 0.2) is 60.8 Å². The van der Waals surface area contributed by atoms with E-state index in [1.54, 1.807) is 11.1 Å². The van der Waals surface area contributed by atoms with Gasteiger partial charge in [0.1, 0.15) is 18.1 Å². The van der Waals surface area contributed by atoms with Crippen molar-refractivity contribution in [1.29, 1.82) is 0 Å². The van der Waals surface area contributed by atoms with Crippen molar-refractivity contribution in [2.75, 3.05) is 30.3 Å². The van der Waals surface area contributed by atoms with Crippen molar-refractivity contribution < 1.29 is 19.5 Å². The van der Waals surface area contributed by atoms with Crippen LogP contribution in [0.2, 0.25) is 0 Å². The standard InChI is InChI=1S/C33H39N5O4/c1-32(2,3)31(42)38(20-24-8-5-4-7-23(24)18-34-13-14-39)27(21-40)19-36-26-11-10-22-16-33(17-25(22)15-26)28-9-6-12-35-29(28)37-30(33)41/h4-12,15,21,27,34,36,39H,13-14,16-20H2,1-3H3,(H,35,37,41). The van der Waals surface area contributed by atoms with Gasteiger partial charge in [0.15, 0.2) is 0 Å². The van der Waals surface area contributed by atoms with Crippen LogP contribution in [-0.4, -0.2) is 58.8 Å². The van der Waals surface area contributed by atoms with Gasteiger partial charge in [0, 0.05) is 49.0 Å². The molecule has 0 fully saturated rings. The predicted molar refractivity (Wildman–Crippen MR) is 162 cm³/mol. The fourth-order valence-electron chi connectivity index (χ4n) is 5.97. The average molecular weight is 570 g/mol. The molecule has 2 heterocycles. The molecule has 2 aromatic carbocycles. The summed E-state index contributed by atoms with van der Waals surface area (Å²) in [6, 6.07) is 17.0. The molecule has 2 unspecified atom stereocenters. The highest BCUT2D eigenvalue weighted by Gasteiger charge is 2.51. The fourth-order valence-corrected chi connectivity index (χ4v) is 5.97. The molecule has 2 atom stereocenters. The first kappa shape index (κ1) is 29.4. The van der Waals surface area contributed by atoms with Gasteiger partial charge < -0.3 is 30.8 Å². The number of aldehydes is 1. The number of pyridine rings is 1. The summed E-state index contributed by atoms with van der Waals surface area (Å²) in [4.78, 5) is 45.2. The lowest BCUT2D eigenvalue weighted by atomic mass is 9.79. The Morgan fingerprint density at radius 3 is 2.62 bits per heavy atom. The van der Waals surface area contributed by atoms with E-state index in [1.807, 2.05) is 75.4 Å². The maximum atomic E-state index is 13.6. The molecule has 4 N–H and O–H groups in total. The van der Waals surface area contributed by atoms with E-state index in [9.17, 15) is 14.4 Å². The lowest BCUT2D eigenvalue weighted by Crippen LogP contribution is -2.49. The van der Waals surface area contributed by atoms with E-state index in [-0.39, 0.29) is 31.5 Å². The minimum Gasteiger partial charge on any atom is -0.395 e. The normalized spacial score (nSPS) is 17.9. The molecule has 1 aromatic heterocycles. The molecule has 9 heteroatoms. The van der Waals surface area contributed by atoms with Gasteiger partial charge in [-0.15, -0.1) is 0 Å². The maximum absolute atomic E-state index is 13.6. The Bertz CT molecular complexity index is 1480. The predicted octanol–water partition coefficient (Wildman–Crippen LogP) is 3.21. The summed E-state index contributed by atoms with van der Waals surface area (Å²) in [5.41, 5.74) is 4.60. The highest BCUT2D eigenvalue weighted by atomic mass is 16.3. The third kappa shape index (κ3) is 5.80. The summed E-state index contributed by atoms with van der Waals surface area (Å²) < 4.78 is 0. The lowest BCUT2D eigenvalue weighted by molar-refractivity contribution is -0.144. The summed E-state index contributed by atoms with van der Waals surface area (Å²) in [5.74, 6) is 0.498. The number of aromatic nitrogens is 1. The van der Waals surface area contributed by atoms with Crippen LogP contribution >= 0.6 is 0 Å². The molecule has 9 nitrogen and oxygen atoms in total. The number of fused-ring (bicyclic) bond motifs is 3. The molecule has 0 saturated carbocycles. The van der Waals surface area contributed by atoms with E-state index in [1.165, 1.54) is 0 Å². The summed E-state index contributed by atoms with van der Waals surface area (Å²) in [5, 5.41) is 18.7. The van der Waals surface area contributed by atoms with Gasteiger partial charge in [-0.25, -0.2) is 4.98 Å². The topological polar surface area (TPSA) is 124 Å². The van der Waals surface area contributed by atoms with Crippen molar-refractivity contribution in [3.63, 3.8) is 0 Å². The first-order valence-electron chi connectivity index (χ1n) is 14.4. The molecule has 5 rings (SSSR count). The Hall–Kier alpha value is -4.08. The van der Waals surface area contributed by atoms with Gasteiger partial charge in [-0.3, -0.25) is 9.59 Å². The minimum absolute atomic E-state index is 0.0221. The first-order valence-corrected chi connectivity index (χ1v) is 14.4. The zero-order valence-corrected chi connectivity index (χ0v) is 24.4. The second-order valence-electron chi connectivity index (χ2n) is 12.2. The van der Waals surface area contributed by atoms with Crippen molar-refractivity contribution in [3.05, 3.63) is 88.6 Å². The quantitative estimate of drug-likeness (QED) is 0.207. The van der Waals surface area contributed by atoms with E-state index >= 15 is 0 Å². The van der Waals surface area contributed by atoms with E-state index in [0.29, 0.717) is 31.7 Å². The van der Waals surface area contributed by atoms with Gasteiger partial charge in [-0.2, -0.15) is 0 Å². The SMILES string of the molecule is CC(C)(C)C(=O)N(Cc1ccccc1CNCCO)C(C=O)CNc1ccc2c(c1)CC1(C2)C(=O)Nc2ncccc21. The van der Waals surface area contributed by atoms with Gasteiger partial charge in [0.25, 0.3) is 0 Å². The number of hydrogen-bond donors (Lipinski definition) is 4. The van der Waals surface area contributed by atoms with Crippen molar-refractivity contribution in [2.24, 2.45) is 5.41 Å². The molecule has 1 spiro atoms. The van der Waals surface area contributed by atoms with E-state index in [0.717, 1.165) is 39.8 Å². The van der Waals surface area contributed by atoms with Gasteiger partial charge in [-0.1, -0.05) is 57.2 Å². The number of amides is 2. The lowest BCUT2D eigenvalue weighted by Gasteiger charge is -2.34. The highest BCUT2D eigenvalue weighted by Crippen LogP contribution is 2.46. The van der Waals surface area contributed by atoms with Crippen molar-refractivity contribution in [2.45, 2.75) is 58.2 Å². The molecule has 2 aliphatic rings. The Morgan fingerprint density at radius 1 is 1.12 bits per heavy atom. The zero-order chi connectivity index (χ0) is 29.9. The summed E-state index contributed by atoms with van der Waals surface area (Å²) in [6.07, 6.45) is 3.71. The molecule has 0 bridgehead atoms. The van der Waals surface area contributed by atoms with Crippen LogP contribution in [0.5, 0.6) is 0 Å². The summed E-state index contributed by atoms with van der Waals surface area (Å²) >= 11 is 0. The Balaban J connectivity index is 1.33. The summed E-state index contributed by atoms with van der Waals surface area (Å²) in [7, 11) is 0. The molecule has 3 aromatic rings. The first-order chi connectivity index (χ1) is 20.2. The van der Waals surface area contributed by atoms with Crippen molar-refractivity contribution >= 4 is 29.6 Å². The second-order valence-corrected chi connectivity index (χ2v) is 12.2. The minimum atomic E-state index is -0.701. The number of anilines is 2. The molecule has 0 saturated heterocycles. The second kappa shape index (κ2) is 12.0. The number of carbonyl (C=O) groups excluding carboxylic acids is 3. The van der Waals surface area contributed by atoms with E-state index < -0.39 is 16.9 Å². The number of nitrogens with zero attached hydrogens (tertiary/aromatic N) is 2. The number of hydrogen-bond acceptors (Lipinski definition) is 7. The average Bonchev–Trinajstić information content (AvgIpc) is 3.49. The van der Waals surface area contributed by atoms with E-state index in [4.69, 9.17) is 5.11 Å². The molecule has 220 valence electrons. The number of aliphatic hydroxyl groups excluding tert-OH is 1. The summed E-state index contributed by atoms with van der Waals surface area (Å²) in [6.45, 7) is 7.15. The van der Waals surface area contributed by atoms with E-state index in [2.05, 4.69) is 20.9 Å². The fraction of sp³-hybridized carbons (Fsp3) is 0.394. The number of benzene rings is 2. The Kier molecular flexibility index (Phi) is 8.43. The molecular weight excluding hydrogens is 530 g/mol. The molecule has 0 radical (unpaired) electrons. The maximum Gasteiger partial charge on any atom is 0.237 e. The van der Waals surface area contributed by atoms with Crippen LogP contribution in [-0.2, 0) is 45.7 Å². The Labute approximate surface area is 246 Å².